The molecule has 1 N–H and O–H groups in total. The summed E-state index contributed by atoms with van der Waals surface area (Å²) in [6.07, 6.45) is 7.36. The van der Waals surface area contributed by atoms with E-state index in [2.05, 4.69) is 15.3 Å². The summed E-state index contributed by atoms with van der Waals surface area (Å²) >= 11 is 0. The van der Waals surface area contributed by atoms with Crippen molar-refractivity contribution in [3.63, 3.8) is 0 Å². The minimum absolute atomic E-state index is 0.0378. The third kappa shape index (κ3) is 6.78. The fourth-order valence-corrected chi connectivity index (χ4v) is 5.33. The Kier molecular flexibility index (Phi) is 9.39. The number of ether oxygens (including phenoxy) is 1. The van der Waals surface area contributed by atoms with Gasteiger partial charge in [-0.1, -0.05) is 19.9 Å². The summed E-state index contributed by atoms with van der Waals surface area (Å²) in [5.41, 5.74) is 0.900. The summed E-state index contributed by atoms with van der Waals surface area (Å²) in [5, 5.41) is 2.83. The van der Waals surface area contributed by atoms with Crippen LogP contribution in [0.4, 0.5) is 14.7 Å². The number of rotatable bonds is 10. The van der Waals surface area contributed by atoms with Gasteiger partial charge in [-0.3, -0.25) is 14.4 Å². The molecule has 1 aromatic carbocycles. The number of allylic oxidation sites excluding steroid dienone is 3. The number of ketones is 2. The van der Waals surface area contributed by atoms with E-state index in [4.69, 9.17) is 4.74 Å². The van der Waals surface area contributed by atoms with Gasteiger partial charge in [0, 0.05) is 60.7 Å². The van der Waals surface area contributed by atoms with Gasteiger partial charge in [-0.15, -0.1) is 0 Å². The number of halogens is 2. The highest BCUT2D eigenvalue weighted by Gasteiger charge is 2.32. The van der Waals surface area contributed by atoms with Gasteiger partial charge < -0.3 is 15.0 Å². The molecular formula is C30H34F2N4O4. The van der Waals surface area contributed by atoms with Gasteiger partial charge in [0.25, 0.3) is 0 Å². The lowest BCUT2D eigenvalue weighted by molar-refractivity contribution is -0.126. The average Bonchev–Trinajstić information content (AvgIpc) is 2.94. The van der Waals surface area contributed by atoms with Crippen molar-refractivity contribution < 1.29 is 27.9 Å². The molecule has 0 atom stereocenters. The van der Waals surface area contributed by atoms with Gasteiger partial charge in [-0.25, -0.2) is 18.7 Å². The second-order valence-electron chi connectivity index (χ2n) is 10.6. The summed E-state index contributed by atoms with van der Waals surface area (Å²) in [6, 6.07) is 5.23. The van der Waals surface area contributed by atoms with Crippen molar-refractivity contribution in [3.8, 4) is 0 Å². The molecule has 212 valence electrons. The zero-order chi connectivity index (χ0) is 28.8. The number of aromatic nitrogens is 2. The van der Waals surface area contributed by atoms with Crippen LogP contribution < -0.4 is 10.2 Å². The summed E-state index contributed by atoms with van der Waals surface area (Å²) in [6.45, 7) is 4.36. The predicted octanol–water partition coefficient (Wildman–Crippen LogP) is 4.32. The van der Waals surface area contributed by atoms with Gasteiger partial charge in [0.15, 0.2) is 11.5 Å². The van der Waals surface area contributed by atoms with Crippen molar-refractivity contribution in [3.05, 3.63) is 76.8 Å². The molecule has 8 nitrogen and oxygen atoms in total. The van der Waals surface area contributed by atoms with Crippen molar-refractivity contribution >= 4 is 23.4 Å². The zero-order valence-electron chi connectivity index (χ0n) is 23.0. The largest absolute Gasteiger partial charge is 0.492 e. The van der Waals surface area contributed by atoms with E-state index in [1.165, 1.54) is 25.3 Å². The molecule has 2 aliphatic rings. The van der Waals surface area contributed by atoms with Crippen LogP contribution in [0, 0.1) is 29.4 Å². The normalized spacial score (nSPS) is 19.5. The molecule has 4 rings (SSSR count). The Morgan fingerprint density at radius 1 is 1.12 bits per heavy atom. The quantitative estimate of drug-likeness (QED) is 0.438. The van der Waals surface area contributed by atoms with Gasteiger partial charge in [0.1, 0.15) is 11.6 Å². The first kappa shape index (κ1) is 29.0. The number of hydrogen-bond acceptors (Lipinski definition) is 7. The van der Waals surface area contributed by atoms with Crippen LogP contribution in [0.1, 0.15) is 45.1 Å². The Morgan fingerprint density at radius 2 is 1.82 bits per heavy atom. The molecule has 0 saturated heterocycles. The maximum absolute atomic E-state index is 14.4. The standard InChI is InChI=1S/C30H34F2N4O4/c1-18(2)26-25(37)13-22(27(38)28(26)40-3)15-35-29(39)20-7-5-19(6-8-20)16-36(30-33-11-4-12-34-30)17-21-9-10-23(31)14-24(21)32/h4,9-14,18-20H,5-8,15-17H2,1-3H3,(H,35,39). The summed E-state index contributed by atoms with van der Waals surface area (Å²) in [7, 11) is 1.37. The maximum atomic E-state index is 14.4. The van der Waals surface area contributed by atoms with Crippen LogP contribution in [0.15, 0.2) is 59.6 Å². The van der Waals surface area contributed by atoms with E-state index >= 15 is 0 Å². The first-order valence-corrected chi connectivity index (χ1v) is 13.5. The molecule has 1 saturated carbocycles. The minimum Gasteiger partial charge on any atom is -0.492 e. The van der Waals surface area contributed by atoms with Crippen molar-refractivity contribution in [2.24, 2.45) is 17.8 Å². The van der Waals surface area contributed by atoms with Gasteiger partial charge >= 0.3 is 0 Å². The van der Waals surface area contributed by atoms with Crippen molar-refractivity contribution in [2.75, 3.05) is 25.1 Å². The van der Waals surface area contributed by atoms with Crippen LogP contribution >= 0.6 is 0 Å². The molecule has 0 unspecified atom stereocenters. The van der Waals surface area contributed by atoms with Crippen molar-refractivity contribution in [2.45, 2.75) is 46.1 Å². The first-order valence-electron chi connectivity index (χ1n) is 13.5. The summed E-state index contributed by atoms with van der Waals surface area (Å²) < 4.78 is 33.0. The second-order valence-corrected chi connectivity index (χ2v) is 10.6. The van der Waals surface area contributed by atoms with E-state index in [0.29, 0.717) is 36.5 Å². The molecule has 0 aliphatic heterocycles. The topological polar surface area (TPSA) is 101 Å². The van der Waals surface area contributed by atoms with Crippen LogP contribution in [0.2, 0.25) is 0 Å². The lowest BCUT2D eigenvalue weighted by Crippen LogP contribution is -2.38. The smallest absolute Gasteiger partial charge is 0.225 e. The number of carbonyl (C=O) groups excluding carboxylic acids is 3. The van der Waals surface area contributed by atoms with Crippen molar-refractivity contribution in [1.29, 1.82) is 0 Å². The van der Waals surface area contributed by atoms with Crippen LogP contribution in [0.3, 0.4) is 0 Å². The molecule has 2 aromatic rings. The van der Waals surface area contributed by atoms with Crippen LogP contribution in [0.25, 0.3) is 0 Å². The van der Waals surface area contributed by atoms with E-state index < -0.39 is 11.6 Å². The number of benzene rings is 1. The van der Waals surface area contributed by atoms with Gasteiger partial charge in [0.2, 0.25) is 17.6 Å². The van der Waals surface area contributed by atoms with Crippen LogP contribution in [-0.2, 0) is 25.7 Å². The number of carbonyl (C=O) groups is 3. The van der Waals surface area contributed by atoms with Crippen LogP contribution in [-0.4, -0.2) is 47.6 Å². The summed E-state index contributed by atoms with van der Waals surface area (Å²) in [4.78, 5) is 48.8. The van der Waals surface area contributed by atoms with E-state index in [0.717, 1.165) is 18.9 Å². The third-order valence-corrected chi connectivity index (χ3v) is 7.46. The molecular weight excluding hydrogens is 518 g/mol. The molecule has 40 heavy (non-hydrogen) atoms. The van der Waals surface area contributed by atoms with Crippen molar-refractivity contribution in [1.82, 2.24) is 15.3 Å². The molecule has 0 radical (unpaired) electrons. The van der Waals surface area contributed by atoms with Gasteiger partial charge in [-0.2, -0.15) is 0 Å². The SMILES string of the molecule is COC1=C(C(C)C)C(=O)C=C(CNC(=O)C2CCC(CN(Cc3ccc(F)cc3F)c3ncccn3)CC2)C1=O. The van der Waals surface area contributed by atoms with Crippen LogP contribution in [0.5, 0.6) is 0 Å². The second kappa shape index (κ2) is 12.9. The Balaban J connectivity index is 1.33. The maximum Gasteiger partial charge on any atom is 0.225 e. The molecule has 10 heteroatoms. The number of amides is 1. The van der Waals surface area contributed by atoms with E-state index in [9.17, 15) is 23.2 Å². The third-order valence-electron chi connectivity index (χ3n) is 7.46. The molecule has 1 fully saturated rings. The lowest BCUT2D eigenvalue weighted by atomic mass is 9.81. The zero-order valence-corrected chi connectivity index (χ0v) is 23.0. The molecule has 1 aromatic heterocycles. The number of nitrogens with one attached hydrogen (secondary N) is 1. The average molecular weight is 553 g/mol. The number of hydrogen-bond donors (Lipinski definition) is 1. The first-order chi connectivity index (χ1) is 19.2. The van der Waals surface area contributed by atoms with E-state index in [1.54, 1.807) is 18.5 Å². The Labute approximate surface area is 232 Å². The molecule has 0 spiro atoms. The monoisotopic (exact) mass is 552 g/mol. The van der Waals surface area contributed by atoms with E-state index in [-0.39, 0.29) is 59.6 Å². The minimum atomic E-state index is -0.632. The fourth-order valence-electron chi connectivity index (χ4n) is 5.33. The van der Waals surface area contributed by atoms with E-state index in [1.807, 2.05) is 18.7 Å². The Morgan fingerprint density at radius 3 is 2.45 bits per heavy atom. The number of anilines is 1. The fraction of sp³-hybridized carbons (Fsp3) is 0.433. The van der Waals surface area contributed by atoms with Gasteiger partial charge in [0.05, 0.1) is 7.11 Å². The summed E-state index contributed by atoms with van der Waals surface area (Å²) in [5.74, 6) is -1.72. The number of methoxy groups -OCH3 is 1. The predicted molar refractivity (Wildman–Crippen MR) is 145 cm³/mol. The Hall–Kier alpha value is -3.95. The highest BCUT2D eigenvalue weighted by atomic mass is 19.1. The molecule has 2 aliphatic carbocycles. The molecule has 0 bridgehead atoms. The Bertz CT molecular complexity index is 1320. The van der Waals surface area contributed by atoms with Gasteiger partial charge in [-0.05, 0) is 55.7 Å². The highest BCUT2D eigenvalue weighted by Crippen LogP contribution is 2.31. The molecule has 1 heterocycles. The lowest BCUT2D eigenvalue weighted by Gasteiger charge is -2.32. The molecule has 1 amide bonds. The number of nitrogens with zero attached hydrogens (tertiary/aromatic N) is 3. The number of Topliss-reactive ketones (excluding diaryl/α,β-unsaturated/α-hetero) is 1. The highest BCUT2D eigenvalue weighted by molar-refractivity contribution is 6.22.